The second-order valence-corrected chi connectivity index (χ2v) is 10.9. The van der Waals surface area contributed by atoms with E-state index in [2.05, 4.69) is 10.6 Å². The van der Waals surface area contributed by atoms with Crippen LogP contribution in [0.25, 0.3) is 11.1 Å². The van der Waals surface area contributed by atoms with Crippen LogP contribution in [0.1, 0.15) is 30.4 Å². The number of rotatable bonds is 8. The molecular weight excluding hydrogens is 498 g/mol. The minimum absolute atomic E-state index is 0.0627. The summed E-state index contributed by atoms with van der Waals surface area (Å²) in [5.41, 5.74) is 3.04. The van der Waals surface area contributed by atoms with Gasteiger partial charge in [0.25, 0.3) is 0 Å². The molecule has 2 atom stereocenters. The number of carbonyl (C=O) groups is 2. The highest BCUT2D eigenvalue weighted by molar-refractivity contribution is 7.89. The van der Waals surface area contributed by atoms with E-state index in [0.29, 0.717) is 42.1 Å². The van der Waals surface area contributed by atoms with Gasteiger partial charge in [-0.3, -0.25) is 9.59 Å². The average molecular weight is 526 g/mol. The van der Waals surface area contributed by atoms with Gasteiger partial charge in [-0.05, 0) is 47.7 Å². The molecule has 1 aliphatic rings. The highest BCUT2D eigenvalue weighted by Crippen LogP contribution is 2.32. The Morgan fingerprint density at radius 1 is 0.806 bits per heavy atom. The standard InChI is InChI=1S/C27H28ClN3O4S/c28-21-14-10-19(11-15-21)17-31-27(33)24-6-3-5-23(24)26(32)30-16-18-8-12-20(13-9-18)22-4-1-2-7-25(22)36(29,34)35/h1-2,4,7-15,23-24H,3,5-6,16-17H2,(H,30,32)(H,31,33)(H2,29,34,35). The predicted octanol–water partition coefficient (Wildman–Crippen LogP) is 4.00. The number of hydrogen-bond donors (Lipinski definition) is 3. The molecule has 1 aliphatic carbocycles. The maximum Gasteiger partial charge on any atom is 0.238 e. The molecule has 2 unspecified atom stereocenters. The van der Waals surface area contributed by atoms with Crippen molar-refractivity contribution in [3.63, 3.8) is 0 Å². The van der Waals surface area contributed by atoms with E-state index in [0.717, 1.165) is 17.5 Å². The molecule has 188 valence electrons. The van der Waals surface area contributed by atoms with Gasteiger partial charge < -0.3 is 10.6 Å². The largest absolute Gasteiger partial charge is 0.352 e. The van der Waals surface area contributed by atoms with Crippen molar-refractivity contribution in [2.75, 3.05) is 0 Å². The number of carbonyl (C=O) groups excluding carboxylic acids is 2. The predicted molar refractivity (Wildman–Crippen MR) is 139 cm³/mol. The Morgan fingerprint density at radius 3 is 1.83 bits per heavy atom. The van der Waals surface area contributed by atoms with Gasteiger partial charge in [-0.15, -0.1) is 0 Å². The lowest BCUT2D eigenvalue weighted by Gasteiger charge is -2.19. The van der Waals surface area contributed by atoms with Crippen LogP contribution < -0.4 is 15.8 Å². The van der Waals surface area contributed by atoms with Gasteiger partial charge >= 0.3 is 0 Å². The van der Waals surface area contributed by atoms with Crippen LogP contribution in [0.2, 0.25) is 5.02 Å². The van der Waals surface area contributed by atoms with Crippen molar-refractivity contribution in [1.29, 1.82) is 0 Å². The molecule has 9 heteroatoms. The molecule has 0 aromatic heterocycles. The van der Waals surface area contributed by atoms with Crippen molar-refractivity contribution < 1.29 is 18.0 Å². The van der Waals surface area contributed by atoms with Gasteiger partial charge in [-0.1, -0.05) is 72.6 Å². The van der Waals surface area contributed by atoms with Gasteiger partial charge in [0.2, 0.25) is 21.8 Å². The molecule has 0 bridgehead atoms. The van der Waals surface area contributed by atoms with Crippen LogP contribution in [0.15, 0.2) is 77.7 Å². The first kappa shape index (κ1) is 25.9. The molecule has 3 aromatic carbocycles. The summed E-state index contributed by atoms with van der Waals surface area (Å²) < 4.78 is 23.8. The summed E-state index contributed by atoms with van der Waals surface area (Å²) in [6.07, 6.45) is 2.19. The van der Waals surface area contributed by atoms with E-state index < -0.39 is 10.0 Å². The smallest absolute Gasteiger partial charge is 0.238 e. The SMILES string of the molecule is NS(=O)(=O)c1ccccc1-c1ccc(CNC(=O)C2CCCC2C(=O)NCc2ccc(Cl)cc2)cc1. The molecule has 4 N–H and O–H groups in total. The van der Waals surface area contributed by atoms with Crippen molar-refractivity contribution in [3.05, 3.63) is 88.9 Å². The molecule has 3 aromatic rings. The first-order valence-corrected chi connectivity index (χ1v) is 13.7. The number of benzene rings is 3. The van der Waals surface area contributed by atoms with Crippen molar-refractivity contribution >= 4 is 33.4 Å². The summed E-state index contributed by atoms with van der Waals surface area (Å²) >= 11 is 5.91. The third-order valence-electron chi connectivity index (χ3n) is 6.49. The van der Waals surface area contributed by atoms with E-state index in [1.54, 1.807) is 42.5 Å². The molecule has 1 saturated carbocycles. The van der Waals surface area contributed by atoms with Crippen molar-refractivity contribution in [1.82, 2.24) is 10.6 Å². The number of halogens is 1. The molecule has 0 saturated heterocycles. The zero-order chi connectivity index (χ0) is 25.7. The van der Waals surface area contributed by atoms with E-state index in [-0.39, 0.29) is 28.5 Å². The fraction of sp³-hybridized carbons (Fsp3) is 0.259. The molecular formula is C27H28ClN3O4S. The summed E-state index contributed by atoms with van der Waals surface area (Å²) in [6, 6.07) is 21.1. The molecule has 0 spiro atoms. The first-order chi connectivity index (χ1) is 17.2. The fourth-order valence-electron chi connectivity index (χ4n) is 4.59. The number of nitrogens with two attached hydrogens (primary N) is 1. The molecule has 7 nitrogen and oxygen atoms in total. The van der Waals surface area contributed by atoms with Gasteiger partial charge in [-0.25, -0.2) is 13.6 Å². The zero-order valence-corrected chi connectivity index (χ0v) is 21.2. The lowest BCUT2D eigenvalue weighted by Crippen LogP contribution is -2.39. The van der Waals surface area contributed by atoms with E-state index in [4.69, 9.17) is 16.7 Å². The third kappa shape index (κ3) is 6.32. The number of nitrogens with one attached hydrogen (secondary N) is 2. The highest BCUT2D eigenvalue weighted by Gasteiger charge is 2.37. The quantitative estimate of drug-likeness (QED) is 0.412. The molecule has 1 fully saturated rings. The van der Waals surface area contributed by atoms with E-state index >= 15 is 0 Å². The molecule has 36 heavy (non-hydrogen) atoms. The maximum absolute atomic E-state index is 12.9. The van der Waals surface area contributed by atoms with Crippen LogP contribution in [0.5, 0.6) is 0 Å². The van der Waals surface area contributed by atoms with Gasteiger partial charge in [0, 0.05) is 35.5 Å². The van der Waals surface area contributed by atoms with Gasteiger partial charge in [-0.2, -0.15) is 0 Å². The topological polar surface area (TPSA) is 118 Å². The monoisotopic (exact) mass is 525 g/mol. The second kappa shape index (κ2) is 11.2. The van der Waals surface area contributed by atoms with Crippen LogP contribution in [0.4, 0.5) is 0 Å². The van der Waals surface area contributed by atoms with Crippen LogP contribution in [-0.2, 0) is 32.7 Å². The van der Waals surface area contributed by atoms with Crippen LogP contribution >= 0.6 is 11.6 Å². The Balaban J connectivity index is 1.34. The molecule has 0 aliphatic heterocycles. The van der Waals surface area contributed by atoms with Gasteiger partial charge in [0.05, 0.1) is 4.90 Å². The fourth-order valence-corrected chi connectivity index (χ4v) is 5.47. The minimum atomic E-state index is -3.85. The van der Waals surface area contributed by atoms with Gasteiger partial charge in [0.15, 0.2) is 0 Å². The summed E-state index contributed by atoms with van der Waals surface area (Å²) in [7, 11) is -3.85. The molecule has 0 heterocycles. The zero-order valence-electron chi connectivity index (χ0n) is 19.6. The van der Waals surface area contributed by atoms with Crippen LogP contribution in [0.3, 0.4) is 0 Å². The van der Waals surface area contributed by atoms with Crippen LogP contribution in [0, 0.1) is 11.8 Å². The van der Waals surface area contributed by atoms with E-state index in [9.17, 15) is 18.0 Å². The number of hydrogen-bond acceptors (Lipinski definition) is 4. The van der Waals surface area contributed by atoms with Gasteiger partial charge in [0.1, 0.15) is 0 Å². The lowest BCUT2D eigenvalue weighted by atomic mass is 9.94. The molecule has 4 rings (SSSR count). The molecule has 0 radical (unpaired) electrons. The number of amides is 2. The van der Waals surface area contributed by atoms with Crippen molar-refractivity contribution in [2.24, 2.45) is 17.0 Å². The average Bonchev–Trinajstić information content (AvgIpc) is 3.37. The van der Waals surface area contributed by atoms with Crippen molar-refractivity contribution in [3.8, 4) is 11.1 Å². The highest BCUT2D eigenvalue weighted by atomic mass is 35.5. The lowest BCUT2D eigenvalue weighted by molar-refractivity contribution is -0.133. The van der Waals surface area contributed by atoms with E-state index in [1.807, 2.05) is 24.3 Å². The maximum atomic E-state index is 12.9. The Hall–Kier alpha value is -3.20. The minimum Gasteiger partial charge on any atom is -0.352 e. The summed E-state index contributed by atoms with van der Waals surface area (Å²) in [5.74, 6) is -0.964. The summed E-state index contributed by atoms with van der Waals surface area (Å²) in [5, 5.41) is 11.9. The Kier molecular flexibility index (Phi) is 8.08. The summed E-state index contributed by atoms with van der Waals surface area (Å²) in [6.45, 7) is 0.702. The third-order valence-corrected chi connectivity index (χ3v) is 7.72. The Bertz CT molecular complexity index is 1340. The van der Waals surface area contributed by atoms with Crippen molar-refractivity contribution in [2.45, 2.75) is 37.2 Å². The normalized spacial score (nSPS) is 17.5. The Morgan fingerprint density at radius 2 is 1.31 bits per heavy atom. The van der Waals surface area contributed by atoms with E-state index in [1.165, 1.54) is 6.07 Å². The van der Waals surface area contributed by atoms with Crippen LogP contribution in [-0.4, -0.2) is 20.2 Å². The second-order valence-electron chi connectivity index (χ2n) is 8.94. The molecule has 2 amide bonds. The number of sulfonamides is 1. The Labute approximate surface area is 216 Å². The summed E-state index contributed by atoms with van der Waals surface area (Å²) in [4.78, 5) is 25.7. The number of primary sulfonamides is 1. The first-order valence-electron chi connectivity index (χ1n) is 11.7.